The number of benzene rings is 3. The molecule has 9 heteroatoms. The lowest BCUT2D eigenvalue weighted by molar-refractivity contribution is 0.0956. The summed E-state index contributed by atoms with van der Waals surface area (Å²) in [5.74, 6) is 1.35. The van der Waals surface area contributed by atoms with E-state index < -0.39 is 10.0 Å². The van der Waals surface area contributed by atoms with Crippen LogP contribution < -0.4 is 9.62 Å². The number of thioether (sulfide) groups is 2. The quantitative estimate of drug-likeness (QED) is 0.243. The summed E-state index contributed by atoms with van der Waals surface area (Å²) >= 11 is 9.42. The molecule has 1 N–H and O–H groups in total. The summed E-state index contributed by atoms with van der Waals surface area (Å²) in [6.07, 6.45) is 1.94. The van der Waals surface area contributed by atoms with Crippen molar-refractivity contribution in [1.82, 2.24) is 5.32 Å². The molecule has 3 aromatic rings. The van der Waals surface area contributed by atoms with Crippen LogP contribution in [-0.4, -0.2) is 39.4 Å². The smallest absolute Gasteiger partial charge is 0.264 e. The van der Waals surface area contributed by atoms with Crippen LogP contribution in [0.4, 0.5) is 5.69 Å². The number of amides is 1. The largest absolute Gasteiger partial charge is 0.351 e. The Morgan fingerprint density at radius 2 is 1.68 bits per heavy atom. The number of nitrogens with zero attached hydrogens (tertiary/aromatic N) is 1. The first-order valence-electron chi connectivity index (χ1n) is 10.7. The van der Waals surface area contributed by atoms with Crippen LogP contribution in [0.3, 0.4) is 0 Å². The van der Waals surface area contributed by atoms with Gasteiger partial charge in [-0.25, -0.2) is 8.42 Å². The molecule has 0 aromatic heterocycles. The average Bonchev–Trinajstić information content (AvgIpc) is 2.85. The average molecular weight is 535 g/mol. The Bertz CT molecular complexity index is 1200. The highest BCUT2D eigenvalue weighted by atomic mass is 35.5. The lowest BCUT2D eigenvalue weighted by Gasteiger charge is -2.23. The van der Waals surface area contributed by atoms with Crippen molar-refractivity contribution in [2.45, 2.75) is 22.5 Å². The standard InChI is InChI=1S/C25H27ClN2O3S3/c1-3-28(34(30,31)23-14-12-22(32-2)13-15-23)21-10-8-19(9-11-21)25(29)27-16-17-33-18-20-6-4-5-7-24(20)26/h4-15H,3,16-18H2,1-2H3,(H,27,29). The van der Waals surface area contributed by atoms with E-state index in [1.54, 1.807) is 79.0 Å². The number of rotatable bonds is 11. The van der Waals surface area contributed by atoms with Crippen LogP contribution in [0.25, 0.3) is 0 Å². The molecule has 0 radical (unpaired) electrons. The Labute approximate surface area is 215 Å². The van der Waals surface area contributed by atoms with Gasteiger partial charge in [-0.1, -0.05) is 29.8 Å². The Hall–Kier alpha value is -2.13. The second-order valence-corrected chi connectivity index (χ2v) is 11.5. The maximum absolute atomic E-state index is 13.1. The second-order valence-electron chi connectivity index (χ2n) is 7.29. The predicted molar refractivity (Wildman–Crippen MR) is 145 cm³/mol. The number of hydrogen-bond donors (Lipinski definition) is 1. The molecule has 3 rings (SSSR count). The molecule has 0 unspecified atom stereocenters. The van der Waals surface area contributed by atoms with E-state index in [1.807, 2.05) is 30.5 Å². The molecular formula is C25H27ClN2O3S3. The number of anilines is 1. The Morgan fingerprint density at radius 1 is 1.00 bits per heavy atom. The van der Waals surface area contributed by atoms with Crippen molar-refractivity contribution in [3.05, 3.63) is 88.9 Å². The summed E-state index contributed by atoms with van der Waals surface area (Å²) in [7, 11) is -3.70. The zero-order valence-corrected chi connectivity index (χ0v) is 22.2. The highest BCUT2D eigenvalue weighted by Gasteiger charge is 2.23. The Balaban J connectivity index is 1.57. The molecule has 0 saturated heterocycles. The zero-order valence-electron chi connectivity index (χ0n) is 19.0. The minimum atomic E-state index is -3.70. The Morgan fingerprint density at radius 3 is 2.29 bits per heavy atom. The third-order valence-corrected chi connectivity index (χ3v) is 9.14. The van der Waals surface area contributed by atoms with Crippen LogP contribution in [0.1, 0.15) is 22.8 Å². The molecule has 0 heterocycles. The van der Waals surface area contributed by atoms with Gasteiger partial charge in [0, 0.05) is 40.1 Å². The van der Waals surface area contributed by atoms with E-state index in [2.05, 4.69) is 5.32 Å². The monoisotopic (exact) mass is 534 g/mol. The van der Waals surface area contributed by atoms with Crippen molar-refractivity contribution in [2.24, 2.45) is 0 Å². The van der Waals surface area contributed by atoms with Gasteiger partial charge < -0.3 is 5.32 Å². The molecule has 0 aliphatic heterocycles. The topological polar surface area (TPSA) is 66.5 Å². The summed E-state index contributed by atoms with van der Waals surface area (Å²) < 4.78 is 27.6. The first-order chi connectivity index (χ1) is 16.4. The van der Waals surface area contributed by atoms with Gasteiger partial charge >= 0.3 is 0 Å². The van der Waals surface area contributed by atoms with Crippen LogP contribution in [0.2, 0.25) is 5.02 Å². The predicted octanol–water partition coefficient (Wildman–Crippen LogP) is 5.94. The first-order valence-corrected chi connectivity index (χ1v) is 14.9. The highest BCUT2D eigenvalue weighted by molar-refractivity contribution is 7.98. The van der Waals surface area contributed by atoms with Gasteiger partial charge in [0.15, 0.2) is 0 Å². The SMILES string of the molecule is CCN(c1ccc(C(=O)NCCSCc2ccccc2Cl)cc1)S(=O)(=O)c1ccc(SC)cc1. The van der Waals surface area contributed by atoms with Crippen LogP contribution in [0, 0.1) is 0 Å². The van der Waals surface area contributed by atoms with Crippen molar-refractivity contribution in [1.29, 1.82) is 0 Å². The van der Waals surface area contributed by atoms with Crippen molar-refractivity contribution in [3.8, 4) is 0 Å². The number of sulfonamides is 1. The molecule has 180 valence electrons. The summed E-state index contributed by atoms with van der Waals surface area (Å²) in [5.41, 5.74) is 2.08. The normalized spacial score (nSPS) is 11.3. The van der Waals surface area contributed by atoms with E-state index in [4.69, 9.17) is 11.6 Å². The van der Waals surface area contributed by atoms with Gasteiger partial charge in [-0.3, -0.25) is 9.10 Å². The molecule has 5 nitrogen and oxygen atoms in total. The molecule has 34 heavy (non-hydrogen) atoms. The number of halogens is 1. The first kappa shape index (κ1) is 26.5. The van der Waals surface area contributed by atoms with Crippen LogP contribution in [0.5, 0.6) is 0 Å². The van der Waals surface area contributed by atoms with Crippen molar-refractivity contribution < 1.29 is 13.2 Å². The third-order valence-electron chi connectivity index (χ3n) is 5.10. The van der Waals surface area contributed by atoms with Gasteiger partial charge in [0.1, 0.15) is 0 Å². The summed E-state index contributed by atoms with van der Waals surface area (Å²) in [6, 6.07) is 21.2. The fourth-order valence-electron chi connectivity index (χ4n) is 3.28. The van der Waals surface area contributed by atoms with Crippen LogP contribution >= 0.6 is 35.1 Å². The summed E-state index contributed by atoms with van der Waals surface area (Å²) in [6.45, 7) is 2.59. The summed E-state index contributed by atoms with van der Waals surface area (Å²) in [4.78, 5) is 13.7. The van der Waals surface area contributed by atoms with Gasteiger partial charge in [0.2, 0.25) is 0 Å². The molecular weight excluding hydrogens is 508 g/mol. The number of hydrogen-bond acceptors (Lipinski definition) is 5. The lowest BCUT2D eigenvalue weighted by atomic mass is 10.2. The third kappa shape index (κ3) is 6.72. The van der Waals surface area contributed by atoms with Crippen LogP contribution in [-0.2, 0) is 15.8 Å². The second kappa shape index (κ2) is 12.5. The molecule has 0 saturated carbocycles. The van der Waals surface area contributed by atoms with Gasteiger partial charge in [0.05, 0.1) is 10.6 Å². The maximum atomic E-state index is 13.1. The van der Waals surface area contributed by atoms with Crippen molar-refractivity contribution in [2.75, 3.05) is 29.4 Å². The van der Waals surface area contributed by atoms with Gasteiger partial charge in [-0.2, -0.15) is 11.8 Å². The minimum absolute atomic E-state index is 0.191. The van der Waals surface area contributed by atoms with Gasteiger partial charge in [0.25, 0.3) is 15.9 Å². The van der Waals surface area contributed by atoms with E-state index in [9.17, 15) is 13.2 Å². The Kier molecular flexibility index (Phi) is 9.76. The van der Waals surface area contributed by atoms with Crippen molar-refractivity contribution in [3.63, 3.8) is 0 Å². The number of carbonyl (C=O) groups excluding carboxylic acids is 1. The van der Waals surface area contributed by atoms with Crippen LogP contribution in [0.15, 0.2) is 82.6 Å². The molecule has 0 aliphatic carbocycles. The zero-order chi connectivity index (χ0) is 24.6. The fourth-order valence-corrected chi connectivity index (χ4v) is 6.31. The molecule has 0 spiro atoms. The summed E-state index contributed by atoms with van der Waals surface area (Å²) in [5, 5.41) is 3.65. The minimum Gasteiger partial charge on any atom is -0.351 e. The molecule has 0 atom stereocenters. The van der Waals surface area contributed by atoms with E-state index in [-0.39, 0.29) is 17.3 Å². The van der Waals surface area contributed by atoms with Gasteiger partial charge in [-0.05, 0) is 73.3 Å². The molecule has 3 aromatic carbocycles. The maximum Gasteiger partial charge on any atom is 0.264 e. The number of carbonyl (C=O) groups is 1. The fraction of sp³-hybridized carbons (Fsp3) is 0.240. The molecule has 0 bridgehead atoms. The highest BCUT2D eigenvalue weighted by Crippen LogP contribution is 2.26. The molecule has 0 aliphatic rings. The van der Waals surface area contributed by atoms with E-state index in [0.29, 0.717) is 17.8 Å². The van der Waals surface area contributed by atoms with E-state index >= 15 is 0 Å². The lowest BCUT2D eigenvalue weighted by Crippen LogP contribution is -2.31. The van der Waals surface area contributed by atoms with E-state index in [1.165, 1.54) is 4.31 Å². The van der Waals surface area contributed by atoms with E-state index in [0.717, 1.165) is 27.0 Å². The molecule has 1 amide bonds. The van der Waals surface area contributed by atoms with Crippen molar-refractivity contribution >= 4 is 56.7 Å². The molecule has 0 fully saturated rings. The number of nitrogens with one attached hydrogen (secondary N) is 1. The van der Waals surface area contributed by atoms with Gasteiger partial charge in [-0.15, -0.1) is 11.8 Å².